The summed E-state index contributed by atoms with van der Waals surface area (Å²) in [7, 11) is 0. The highest BCUT2D eigenvalue weighted by atomic mass is 19.1. The molecule has 0 N–H and O–H groups in total. The fourth-order valence-corrected chi connectivity index (χ4v) is 3.82. The maximum Gasteiger partial charge on any atom is 0.226 e. The van der Waals surface area contributed by atoms with E-state index in [1.54, 1.807) is 0 Å². The topological polar surface area (TPSA) is 49.3 Å². The van der Waals surface area contributed by atoms with Gasteiger partial charge in [-0.25, -0.2) is 14.4 Å². The van der Waals surface area contributed by atoms with E-state index in [0.29, 0.717) is 25.5 Å². The zero-order valence-electron chi connectivity index (χ0n) is 14.1. The van der Waals surface area contributed by atoms with Crippen LogP contribution in [0.2, 0.25) is 0 Å². The SMILES string of the molecule is O=C(C1CCN(c2ncncc2F)CC1)N1CCc2ccccc2C1. The van der Waals surface area contributed by atoms with Crippen molar-refractivity contribution in [2.24, 2.45) is 5.92 Å². The second-order valence-electron chi connectivity index (χ2n) is 6.73. The number of carbonyl (C=O) groups is 1. The minimum Gasteiger partial charge on any atom is -0.354 e. The summed E-state index contributed by atoms with van der Waals surface area (Å²) in [6.45, 7) is 2.79. The van der Waals surface area contributed by atoms with Crippen molar-refractivity contribution in [3.05, 3.63) is 53.7 Å². The summed E-state index contributed by atoms with van der Waals surface area (Å²) in [5.74, 6) is 0.191. The molecule has 0 radical (unpaired) electrons. The molecule has 3 heterocycles. The molecular weight excluding hydrogens is 319 g/mol. The molecule has 1 fully saturated rings. The van der Waals surface area contributed by atoms with Gasteiger partial charge in [0.15, 0.2) is 11.6 Å². The van der Waals surface area contributed by atoms with Gasteiger partial charge in [0.1, 0.15) is 6.33 Å². The molecule has 0 atom stereocenters. The highest BCUT2D eigenvalue weighted by Gasteiger charge is 2.31. The number of benzene rings is 1. The molecule has 0 saturated carbocycles. The average molecular weight is 340 g/mol. The monoisotopic (exact) mass is 340 g/mol. The van der Waals surface area contributed by atoms with E-state index in [-0.39, 0.29) is 11.8 Å². The van der Waals surface area contributed by atoms with E-state index in [2.05, 4.69) is 28.2 Å². The van der Waals surface area contributed by atoms with Gasteiger partial charge in [-0.05, 0) is 30.4 Å². The molecule has 0 unspecified atom stereocenters. The van der Waals surface area contributed by atoms with Crippen LogP contribution in [0.1, 0.15) is 24.0 Å². The van der Waals surface area contributed by atoms with Gasteiger partial charge in [0.05, 0.1) is 6.20 Å². The normalized spacial score (nSPS) is 18.1. The molecule has 4 rings (SSSR count). The number of halogens is 1. The fraction of sp³-hybridized carbons (Fsp3) is 0.421. The third-order valence-corrected chi connectivity index (χ3v) is 5.23. The van der Waals surface area contributed by atoms with Crippen LogP contribution < -0.4 is 4.90 Å². The Hall–Kier alpha value is -2.50. The van der Waals surface area contributed by atoms with E-state index in [1.165, 1.54) is 23.7 Å². The van der Waals surface area contributed by atoms with Crippen LogP contribution >= 0.6 is 0 Å². The Morgan fingerprint density at radius 2 is 1.88 bits per heavy atom. The number of aromatic nitrogens is 2. The van der Waals surface area contributed by atoms with Crippen LogP contribution in [0, 0.1) is 11.7 Å². The lowest BCUT2D eigenvalue weighted by atomic mass is 9.93. The lowest BCUT2D eigenvalue weighted by Gasteiger charge is -2.36. The number of rotatable bonds is 2. The molecule has 5 nitrogen and oxygen atoms in total. The van der Waals surface area contributed by atoms with Gasteiger partial charge in [0, 0.05) is 32.1 Å². The molecule has 2 aliphatic rings. The molecule has 0 aliphatic carbocycles. The van der Waals surface area contributed by atoms with Crippen molar-refractivity contribution >= 4 is 11.7 Å². The van der Waals surface area contributed by atoms with Gasteiger partial charge < -0.3 is 9.80 Å². The molecule has 1 aromatic heterocycles. The molecule has 2 aromatic rings. The average Bonchev–Trinajstić information content (AvgIpc) is 2.67. The van der Waals surface area contributed by atoms with E-state index >= 15 is 0 Å². The Labute approximate surface area is 146 Å². The Balaban J connectivity index is 1.38. The summed E-state index contributed by atoms with van der Waals surface area (Å²) in [4.78, 5) is 24.5. The summed E-state index contributed by atoms with van der Waals surface area (Å²) in [6, 6.07) is 8.33. The number of carbonyl (C=O) groups excluding carboxylic acids is 1. The van der Waals surface area contributed by atoms with Crippen LogP contribution in [0.15, 0.2) is 36.8 Å². The summed E-state index contributed by atoms with van der Waals surface area (Å²) < 4.78 is 13.8. The fourth-order valence-electron chi connectivity index (χ4n) is 3.82. The highest BCUT2D eigenvalue weighted by Crippen LogP contribution is 2.27. The lowest BCUT2D eigenvalue weighted by molar-refractivity contribution is -0.137. The zero-order valence-corrected chi connectivity index (χ0v) is 14.1. The first kappa shape index (κ1) is 16.0. The van der Waals surface area contributed by atoms with Gasteiger partial charge in [0.2, 0.25) is 5.91 Å². The van der Waals surface area contributed by atoms with Gasteiger partial charge in [0.25, 0.3) is 0 Å². The first-order valence-electron chi connectivity index (χ1n) is 8.78. The quantitative estimate of drug-likeness (QED) is 0.842. The molecule has 1 aromatic carbocycles. The van der Waals surface area contributed by atoms with Crippen LogP contribution in [-0.2, 0) is 17.8 Å². The lowest BCUT2D eigenvalue weighted by Crippen LogP contribution is -2.44. The zero-order chi connectivity index (χ0) is 17.2. The molecule has 25 heavy (non-hydrogen) atoms. The van der Waals surface area contributed by atoms with Crippen LogP contribution in [0.3, 0.4) is 0 Å². The van der Waals surface area contributed by atoms with E-state index in [9.17, 15) is 9.18 Å². The molecule has 6 heteroatoms. The molecule has 130 valence electrons. The van der Waals surface area contributed by atoms with Crippen molar-refractivity contribution in [2.75, 3.05) is 24.5 Å². The highest BCUT2D eigenvalue weighted by molar-refractivity contribution is 5.79. The molecule has 1 saturated heterocycles. The van der Waals surface area contributed by atoms with E-state index in [4.69, 9.17) is 0 Å². The Morgan fingerprint density at radius 3 is 2.64 bits per heavy atom. The van der Waals surface area contributed by atoms with Crippen LogP contribution in [0.5, 0.6) is 0 Å². The van der Waals surface area contributed by atoms with Gasteiger partial charge >= 0.3 is 0 Å². The maximum absolute atomic E-state index is 13.8. The Bertz CT molecular complexity index is 774. The van der Waals surface area contributed by atoms with E-state index < -0.39 is 5.82 Å². The van der Waals surface area contributed by atoms with Gasteiger partial charge in [-0.15, -0.1) is 0 Å². The molecule has 2 aliphatic heterocycles. The molecule has 1 amide bonds. The van der Waals surface area contributed by atoms with Crippen molar-refractivity contribution < 1.29 is 9.18 Å². The maximum atomic E-state index is 13.8. The second-order valence-corrected chi connectivity index (χ2v) is 6.73. The standard InChI is InChI=1S/C19H21FN4O/c20-17-11-21-13-22-18(17)23-8-6-15(7-9-23)19(25)24-10-5-14-3-1-2-4-16(14)12-24/h1-4,11,13,15H,5-10,12H2. The Morgan fingerprint density at radius 1 is 1.12 bits per heavy atom. The van der Waals surface area contributed by atoms with Gasteiger partial charge in [-0.2, -0.15) is 0 Å². The number of fused-ring (bicyclic) bond motifs is 1. The minimum atomic E-state index is -0.403. The van der Waals surface area contributed by atoms with Crippen LogP contribution in [0.4, 0.5) is 10.2 Å². The van der Waals surface area contributed by atoms with Gasteiger partial charge in [-0.3, -0.25) is 4.79 Å². The smallest absolute Gasteiger partial charge is 0.226 e. The van der Waals surface area contributed by atoms with Crippen LogP contribution in [0.25, 0.3) is 0 Å². The molecule has 0 bridgehead atoms. The van der Waals surface area contributed by atoms with Crippen molar-refractivity contribution in [1.29, 1.82) is 0 Å². The largest absolute Gasteiger partial charge is 0.354 e. The summed E-state index contributed by atoms with van der Waals surface area (Å²) in [6.07, 6.45) is 4.94. The predicted molar refractivity (Wildman–Crippen MR) is 92.5 cm³/mol. The first-order valence-corrected chi connectivity index (χ1v) is 8.78. The summed E-state index contributed by atoms with van der Waals surface area (Å²) in [5.41, 5.74) is 2.60. The van der Waals surface area contributed by atoms with Crippen molar-refractivity contribution in [1.82, 2.24) is 14.9 Å². The number of anilines is 1. The summed E-state index contributed by atoms with van der Waals surface area (Å²) >= 11 is 0. The summed E-state index contributed by atoms with van der Waals surface area (Å²) in [5, 5.41) is 0. The van der Waals surface area contributed by atoms with Gasteiger partial charge in [-0.1, -0.05) is 24.3 Å². The van der Waals surface area contributed by atoms with Crippen molar-refractivity contribution in [3.63, 3.8) is 0 Å². The second kappa shape index (κ2) is 6.78. The number of hydrogen-bond donors (Lipinski definition) is 0. The van der Waals surface area contributed by atoms with E-state index in [0.717, 1.165) is 25.8 Å². The number of amides is 1. The third kappa shape index (κ3) is 3.21. The molecular formula is C19H21FN4O. The number of nitrogens with zero attached hydrogens (tertiary/aromatic N) is 4. The van der Waals surface area contributed by atoms with Crippen LogP contribution in [-0.4, -0.2) is 40.4 Å². The number of hydrogen-bond acceptors (Lipinski definition) is 4. The third-order valence-electron chi connectivity index (χ3n) is 5.23. The molecule has 0 spiro atoms. The van der Waals surface area contributed by atoms with Crippen molar-refractivity contribution in [2.45, 2.75) is 25.8 Å². The first-order chi connectivity index (χ1) is 12.2. The van der Waals surface area contributed by atoms with E-state index in [1.807, 2.05) is 15.9 Å². The Kier molecular flexibility index (Phi) is 4.34. The minimum absolute atomic E-state index is 0.0198. The predicted octanol–water partition coefficient (Wildman–Crippen LogP) is 2.42. The number of piperidine rings is 1. The van der Waals surface area contributed by atoms with Crippen molar-refractivity contribution in [3.8, 4) is 0 Å².